The summed E-state index contributed by atoms with van der Waals surface area (Å²) >= 11 is 0. The molecule has 0 fully saturated rings. The van der Waals surface area contributed by atoms with E-state index in [4.69, 9.17) is 14.4 Å². The van der Waals surface area contributed by atoms with E-state index < -0.39 is 0 Å². The summed E-state index contributed by atoms with van der Waals surface area (Å²) in [5.41, 5.74) is 9.59. The van der Waals surface area contributed by atoms with Crippen molar-refractivity contribution >= 4 is 39.1 Å². The van der Waals surface area contributed by atoms with Crippen LogP contribution in [0.3, 0.4) is 0 Å². The minimum absolute atomic E-state index is 0.623. The zero-order chi connectivity index (χ0) is 29.3. The number of anilines is 2. The van der Waals surface area contributed by atoms with Crippen molar-refractivity contribution in [2.45, 2.75) is 6.42 Å². The molecule has 4 heteroatoms. The highest BCUT2D eigenvalue weighted by Crippen LogP contribution is 2.35. The molecular formula is C40H29N3O. The van der Waals surface area contributed by atoms with E-state index in [1.807, 2.05) is 36.5 Å². The van der Waals surface area contributed by atoms with Gasteiger partial charge in [-0.25, -0.2) is 9.97 Å². The third-order valence-electron chi connectivity index (χ3n) is 8.23. The molecule has 0 atom stereocenters. The number of nitrogens with zero attached hydrogens (tertiary/aromatic N) is 3. The molecule has 0 unspecified atom stereocenters. The van der Waals surface area contributed by atoms with E-state index >= 15 is 0 Å². The van der Waals surface area contributed by atoms with Crippen LogP contribution in [0.1, 0.15) is 11.1 Å². The van der Waals surface area contributed by atoms with Gasteiger partial charge >= 0.3 is 0 Å². The third kappa shape index (κ3) is 4.87. The number of aromatic nitrogens is 2. The fourth-order valence-corrected chi connectivity index (χ4v) is 6.02. The summed E-state index contributed by atoms with van der Waals surface area (Å²) < 4.78 is 6.09. The second-order valence-corrected chi connectivity index (χ2v) is 11.0. The predicted octanol–water partition coefficient (Wildman–Crippen LogP) is 10.0. The first-order valence-electron chi connectivity index (χ1n) is 14.9. The van der Waals surface area contributed by atoms with Gasteiger partial charge in [-0.15, -0.1) is 0 Å². The molecule has 1 aliphatic rings. The number of allylic oxidation sites excluding steroid dienone is 3. The Labute approximate surface area is 256 Å². The second-order valence-electron chi connectivity index (χ2n) is 11.0. The first kappa shape index (κ1) is 25.9. The van der Waals surface area contributed by atoms with Crippen molar-refractivity contribution in [3.63, 3.8) is 0 Å². The maximum Gasteiger partial charge on any atom is 0.137 e. The van der Waals surface area contributed by atoms with Gasteiger partial charge in [0.2, 0.25) is 0 Å². The molecule has 0 N–H and O–H groups in total. The fourth-order valence-electron chi connectivity index (χ4n) is 6.02. The molecule has 0 bridgehead atoms. The summed E-state index contributed by atoms with van der Waals surface area (Å²) in [5.74, 6) is 1.78. The topological polar surface area (TPSA) is 42.2 Å². The molecule has 7 aromatic rings. The van der Waals surface area contributed by atoms with Gasteiger partial charge in [-0.05, 0) is 70.6 Å². The van der Waals surface area contributed by atoms with E-state index in [-0.39, 0.29) is 0 Å². The molecule has 4 heterocycles. The molecular weight excluding hydrogens is 538 g/mol. The first-order chi connectivity index (χ1) is 21.8. The van der Waals surface area contributed by atoms with Crippen LogP contribution in [0, 0.1) is 0 Å². The summed E-state index contributed by atoms with van der Waals surface area (Å²) in [6.45, 7) is 0.623. The molecule has 1 aliphatic heterocycles. The maximum absolute atomic E-state index is 6.09. The normalized spacial score (nSPS) is 13.3. The van der Waals surface area contributed by atoms with Crippen LogP contribution in [-0.4, -0.2) is 16.5 Å². The smallest absolute Gasteiger partial charge is 0.137 e. The Hall–Kier alpha value is -5.74. The van der Waals surface area contributed by atoms with Crippen LogP contribution in [-0.2, 0) is 6.42 Å². The summed E-state index contributed by atoms with van der Waals surface area (Å²) in [7, 11) is 0. The molecule has 0 radical (unpaired) electrons. The highest BCUT2D eigenvalue weighted by atomic mass is 16.3. The maximum atomic E-state index is 6.09. The second kappa shape index (κ2) is 11.2. The highest BCUT2D eigenvalue weighted by Gasteiger charge is 2.19. The molecule has 8 rings (SSSR count). The Bertz CT molecular complexity index is 2120. The van der Waals surface area contributed by atoms with Crippen LogP contribution >= 0.6 is 0 Å². The van der Waals surface area contributed by atoms with Crippen LogP contribution < -0.4 is 4.90 Å². The van der Waals surface area contributed by atoms with Crippen molar-refractivity contribution in [1.82, 2.24) is 9.97 Å². The Morgan fingerprint density at radius 3 is 2.25 bits per heavy atom. The monoisotopic (exact) mass is 567 g/mol. The third-order valence-corrected chi connectivity index (χ3v) is 8.23. The van der Waals surface area contributed by atoms with Crippen LogP contribution in [0.5, 0.6) is 0 Å². The van der Waals surface area contributed by atoms with E-state index in [1.165, 1.54) is 5.57 Å². The molecule has 44 heavy (non-hydrogen) atoms. The van der Waals surface area contributed by atoms with Crippen molar-refractivity contribution < 1.29 is 4.42 Å². The van der Waals surface area contributed by atoms with Gasteiger partial charge in [0.05, 0.1) is 5.69 Å². The van der Waals surface area contributed by atoms with Gasteiger partial charge in [0.15, 0.2) is 0 Å². The van der Waals surface area contributed by atoms with Crippen molar-refractivity contribution in [2.75, 3.05) is 11.4 Å². The molecule has 4 nitrogen and oxygen atoms in total. The number of hydrogen-bond acceptors (Lipinski definition) is 4. The van der Waals surface area contributed by atoms with Gasteiger partial charge in [0.25, 0.3) is 0 Å². The molecule has 0 spiro atoms. The Morgan fingerprint density at radius 2 is 1.39 bits per heavy atom. The van der Waals surface area contributed by atoms with Gasteiger partial charge in [-0.3, -0.25) is 0 Å². The molecule has 0 amide bonds. The number of benzene rings is 4. The quantitative estimate of drug-likeness (QED) is 0.212. The van der Waals surface area contributed by atoms with Crippen LogP contribution in [0.4, 0.5) is 11.6 Å². The van der Waals surface area contributed by atoms with Gasteiger partial charge in [-0.1, -0.05) is 109 Å². The Kier molecular flexibility index (Phi) is 6.58. The molecule has 0 saturated heterocycles. The average molecular weight is 568 g/mol. The molecule has 3 aromatic heterocycles. The lowest BCUT2D eigenvalue weighted by Crippen LogP contribution is -2.21. The minimum Gasteiger partial charge on any atom is -0.456 e. The van der Waals surface area contributed by atoms with E-state index in [1.54, 1.807) is 0 Å². The van der Waals surface area contributed by atoms with Crippen molar-refractivity contribution in [3.05, 3.63) is 163 Å². The number of rotatable bonds is 4. The van der Waals surface area contributed by atoms with Gasteiger partial charge < -0.3 is 9.32 Å². The van der Waals surface area contributed by atoms with Crippen molar-refractivity contribution in [1.29, 1.82) is 0 Å². The minimum atomic E-state index is 0.623. The summed E-state index contributed by atoms with van der Waals surface area (Å²) in [5, 5.41) is 2.27. The van der Waals surface area contributed by atoms with E-state index in [0.29, 0.717) is 6.54 Å². The lowest BCUT2D eigenvalue weighted by atomic mass is 10.0. The lowest BCUT2D eigenvalue weighted by molar-refractivity contribution is 0.669. The van der Waals surface area contributed by atoms with Crippen LogP contribution in [0.25, 0.3) is 49.9 Å². The fraction of sp³-hybridized carbons (Fsp3) is 0.0500. The Morgan fingerprint density at radius 1 is 0.614 bits per heavy atom. The van der Waals surface area contributed by atoms with Crippen molar-refractivity contribution in [2.24, 2.45) is 0 Å². The van der Waals surface area contributed by atoms with E-state index in [2.05, 4.69) is 120 Å². The largest absolute Gasteiger partial charge is 0.456 e. The van der Waals surface area contributed by atoms with Gasteiger partial charge in [0, 0.05) is 29.1 Å². The Balaban J connectivity index is 1.23. The molecule has 4 aromatic carbocycles. The number of hydrogen-bond donors (Lipinski definition) is 0. The van der Waals surface area contributed by atoms with Crippen LogP contribution in [0.2, 0.25) is 0 Å². The first-order valence-corrected chi connectivity index (χ1v) is 14.9. The van der Waals surface area contributed by atoms with Crippen molar-refractivity contribution in [3.8, 4) is 22.4 Å². The summed E-state index contributed by atoms with van der Waals surface area (Å²) in [6.07, 6.45) is 9.35. The number of pyridine rings is 2. The molecule has 0 aliphatic carbocycles. The molecule has 210 valence electrons. The zero-order valence-corrected chi connectivity index (χ0v) is 24.1. The zero-order valence-electron chi connectivity index (χ0n) is 24.1. The predicted molar refractivity (Wildman–Crippen MR) is 181 cm³/mol. The number of para-hydroxylation sites is 1. The van der Waals surface area contributed by atoms with E-state index in [0.717, 1.165) is 73.5 Å². The number of fused-ring (bicyclic) bond motifs is 4. The summed E-state index contributed by atoms with van der Waals surface area (Å²) in [4.78, 5) is 12.3. The molecule has 0 saturated carbocycles. The number of furan rings is 1. The SMILES string of the molecule is C1=CC(c2ccc3oc4ccccc4c3c2)=CCc2cccnc2N(c2cc(-c3ccccc3)cc(-c3ccccc3)n2)C1. The van der Waals surface area contributed by atoms with Gasteiger partial charge in [0.1, 0.15) is 22.8 Å². The van der Waals surface area contributed by atoms with Crippen LogP contribution in [0.15, 0.2) is 156 Å². The summed E-state index contributed by atoms with van der Waals surface area (Å²) in [6, 6.07) is 44.1. The highest BCUT2D eigenvalue weighted by molar-refractivity contribution is 6.06. The lowest BCUT2D eigenvalue weighted by Gasteiger charge is -2.24. The standard InChI is InChI=1S/C40H29N3O/c1-3-11-28(12-4-1)33-26-36(30-13-5-2-6-14-30)42-39(27-33)43-24-10-16-29(19-20-31-15-9-23-41-40(31)43)32-21-22-38-35(25-32)34-17-7-8-18-37(34)44-38/h1-19,21-23,25-27H,20,24H2. The van der Waals surface area contributed by atoms with Gasteiger partial charge in [-0.2, -0.15) is 0 Å². The van der Waals surface area contributed by atoms with E-state index in [9.17, 15) is 0 Å². The average Bonchev–Trinajstić information content (AvgIpc) is 3.50.